The van der Waals surface area contributed by atoms with Crippen LogP contribution in [0.2, 0.25) is 0 Å². The topological polar surface area (TPSA) is 92.7 Å². The number of carbonyl (C=O) groups is 2. The summed E-state index contributed by atoms with van der Waals surface area (Å²) < 4.78 is 29.3. The Labute approximate surface area is 334 Å². The van der Waals surface area contributed by atoms with Gasteiger partial charge >= 0.3 is 11.9 Å². The van der Waals surface area contributed by atoms with Gasteiger partial charge in [-0.1, -0.05) is 97.8 Å². The molecule has 300 valence electrons. The Hall–Kier alpha value is -5.11. The molecule has 4 aromatic carbocycles. The van der Waals surface area contributed by atoms with Crippen LogP contribution in [0.3, 0.4) is 0 Å². The molecule has 0 fully saturated rings. The Morgan fingerprint density at radius 3 is 1.30 bits per heavy atom. The Balaban J connectivity index is 1.42. The zero-order valence-corrected chi connectivity index (χ0v) is 33.8. The van der Waals surface area contributed by atoms with E-state index >= 15 is 0 Å². The summed E-state index contributed by atoms with van der Waals surface area (Å²) in [5.74, 6) is 1.51. The maximum absolute atomic E-state index is 13.4. The van der Waals surface area contributed by atoms with E-state index in [2.05, 4.69) is 25.8 Å². The van der Waals surface area contributed by atoms with Gasteiger partial charge in [0.2, 0.25) is 0 Å². The van der Waals surface area contributed by atoms with Crippen molar-refractivity contribution in [2.24, 2.45) is 4.99 Å². The minimum absolute atomic E-state index is 0.196. The lowest BCUT2D eigenvalue weighted by Crippen LogP contribution is -2.11. The number of hydrogen-bond acceptors (Lipinski definition) is 8. The number of hydrogen-bond donors (Lipinski definition) is 0. The highest BCUT2D eigenvalue weighted by Crippen LogP contribution is 2.28. The van der Waals surface area contributed by atoms with E-state index in [1.54, 1.807) is 66.9 Å². The first-order valence-electron chi connectivity index (χ1n) is 20.8. The van der Waals surface area contributed by atoms with E-state index in [1.165, 1.54) is 70.3 Å². The van der Waals surface area contributed by atoms with Crippen LogP contribution in [0.25, 0.3) is 0 Å². The molecule has 0 amide bonds. The first-order chi connectivity index (χ1) is 27.5. The molecule has 0 N–H and O–H groups in total. The van der Waals surface area contributed by atoms with Crippen molar-refractivity contribution in [3.05, 3.63) is 108 Å². The third-order valence-electron chi connectivity index (χ3n) is 9.32. The molecule has 0 spiro atoms. The average molecular weight is 764 g/mol. The summed E-state index contributed by atoms with van der Waals surface area (Å²) in [4.78, 5) is 31.2. The number of benzene rings is 4. The van der Waals surface area contributed by atoms with E-state index in [4.69, 9.17) is 23.7 Å². The molecule has 8 nitrogen and oxygen atoms in total. The van der Waals surface area contributed by atoms with Crippen molar-refractivity contribution in [3.8, 4) is 28.7 Å². The average Bonchev–Trinajstić information content (AvgIpc) is 3.22. The van der Waals surface area contributed by atoms with Gasteiger partial charge in [0.15, 0.2) is 0 Å². The van der Waals surface area contributed by atoms with E-state index in [-0.39, 0.29) is 11.5 Å². The molecule has 0 radical (unpaired) electrons. The van der Waals surface area contributed by atoms with E-state index in [9.17, 15) is 9.59 Å². The van der Waals surface area contributed by atoms with E-state index in [1.807, 2.05) is 24.3 Å². The van der Waals surface area contributed by atoms with Crippen molar-refractivity contribution in [2.45, 2.75) is 117 Å². The highest BCUT2D eigenvalue weighted by atomic mass is 16.5. The predicted octanol–water partition coefficient (Wildman–Crippen LogP) is 12.9. The summed E-state index contributed by atoms with van der Waals surface area (Å²) in [6, 6.07) is 26.2. The molecule has 0 heterocycles. The van der Waals surface area contributed by atoms with Gasteiger partial charge in [-0.25, -0.2) is 9.59 Å². The molecule has 4 aromatic rings. The Kier molecular flexibility index (Phi) is 20.2. The van der Waals surface area contributed by atoms with Crippen molar-refractivity contribution in [2.75, 3.05) is 19.8 Å². The summed E-state index contributed by atoms with van der Waals surface area (Å²) in [5, 5.41) is 0. The van der Waals surface area contributed by atoms with E-state index in [0.717, 1.165) is 37.9 Å². The molecule has 8 heteroatoms. The molecular formula is C48H61NO7. The molecule has 0 unspecified atom stereocenters. The summed E-state index contributed by atoms with van der Waals surface area (Å²) >= 11 is 0. The third kappa shape index (κ3) is 16.3. The summed E-state index contributed by atoms with van der Waals surface area (Å²) in [6.45, 7) is 8.57. The van der Waals surface area contributed by atoms with Crippen LogP contribution in [0, 0.1) is 0 Å². The van der Waals surface area contributed by atoms with Crippen molar-refractivity contribution in [1.82, 2.24) is 0 Å². The third-order valence-corrected chi connectivity index (χ3v) is 9.32. The number of ether oxygens (including phenoxy) is 5. The molecule has 0 atom stereocenters. The van der Waals surface area contributed by atoms with Crippen molar-refractivity contribution in [1.29, 1.82) is 0 Å². The predicted molar refractivity (Wildman–Crippen MR) is 226 cm³/mol. The first-order valence-corrected chi connectivity index (χ1v) is 20.8. The molecule has 4 rings (SSSR count). The lowest BCUT2D eigenvalue weighted by Gasteiger charge is -2.11. The molecule has 0 aliphatic heterocycles. The lowest BCUT2D eigenvalue weighted by molar-refractivity contribution is 0.0732. The second-order valence-corrected chi connectivity index (χ2v) is 14.1. The Bertz CT molecular complexity index is 1730. The summed E-state index contributed by atoms with van der Waals surface area (Å²) in [7, 11) is 0. The largest absolute Gasteiger partial charge is 0.494 e. The number of unbranched alkanes of at least 4 members (excludes halogenated alkanes) is 12. The van der Waals surface area contributed by atoms with Gasteiger partial charge in [-0.15, -0.1) is 0 Å². The minimum Gasteiger partial charge on any atom is -0.494 e. The molecule has 0 saturated heterocycles. The first kappa shape index (κ1) is 43.6. The molecule has 0 bridgehead atoms. The highest BCUT2D eigenvalue weighted by Gasteiger charge is 2.16. The monoisotopic (exact) mass is 763 g/mol. The molecule has 0 aliphatic carbocycles. The van der Waals surface area contributed by atoms with Crippen LogP contribution in [-0.2, 0) is 0 Å². The van der Waals surface area contributed by atoms with Gasteiger partial charge in [0.1, 0.15) is 28.7 Å². The molecule has 0 aromatic heterocycles. The number of rotatable bonds is 27. The SMILES string of the molecule is CCCCCCCOc1ccc(N=Cc2ccc(OC(=O)c3ccc(OCCCCCCC)cc3)cc2OC(=O)c2ccc(OCCCCCCC)cc2)cc1. The van der Waals surface area contributed by atoms with Crippen LogP contribution >= 0.6 is 0 Å². The van der Waals surface area contributed by atoms with E-state index < -0.39 is 11.9 Å². The fourth-order valence-electron chi connectivity index (χ4n) is 5.93. The number of carbonyl (C=O) groups excluding carboxylic acids is 2. The molecule has 56 heavy (non-hydrogen) atoms. The maximum atomic E-state index is 13.4. The molecule has 0 aliphatic rings. The molecular weight excluding hydrogens is 703 g/mol. The van der Waals surface area contributed by atoms with Crippen molar-refractivity contribution < 1.29 is 33.3 Å². The number of nitrogens with zero attached hydrogens (tertiary/aromatic N) is 1. The van der Waals surface area contributed by atoms with Crippen molar-refractivity contribution >= 4 is 23.8 Å². The zero-order valence-electron chi connectivity index (χ0n) is 33.8. The highest BCUT2D eigenvalue weighted by molar-refractivity contribution is 5.94. The fraction of sp³-hybridized carbons (Fsp3) is 0.438. The molecule has 0 saturated carbocycles. The normalized spacial score (nSPS) is 11.1. The fourth-order valence-corrected chi connectivity index (χ4v) is 5.93. The second-order valence-electron chi connectivity index (χ2n) is 14.1. The summed E-state index contributed by atoms with van der Waals surface area (Å²) in [5.41, 5.74) is 1.97. The van der Waals surface area contributed by atoms with Gasteiger partial charge in [-0.05, 0) is 104 Å². The maximum Gasteiger partial charge on any atom is 0.343 e. The quantitative estimate of drug-likeness (QED) is 0.0258. The van der Waals surface area contributed by atoms with Crippen LogP contribution in [-0.4, -0.2) is 38.0 Å². The Morgan fingerprint density at radius 1 is 0.464 bits per heavy atom. The second kappa shape index (κ2) is 25.9. The van der Waals surface area contributed by atoms with Crippen LogP contribution < -0.4 is 23.7 Å². The van der Waals surface area contributed by atoms with Gasteiger partial charge in [0.25, 0.3) is 0 Å². The minimum atomic E-state index is -0.564. The van der Waals surface area contributed by atoms with Crippen LogP contribution in [0.5, 0.6) is 28.7 Å². The smallest absolute Gasteiger partial charge is 0.343 e. The van der Waals surface area contributed by atoms with Gasteiger partial charge in [0.05, 0.1) is 36.6 Å². The van der Waals surface area contributed by atoms with Crippen LogP contribution in [0.4, 0.5) is 5.69 Å². The number of esters is 2. The Morgan fingerprint density at radius 2 is 0.857 bits per heavy atom. The standard InChI is InChI=1S/C48H61NO7/c1-4-7-10-13-16-33-52-42-26-19-38(20-27-42)47(50)55-45-30-23-40(37-49-41-24-31-44(32-25-41)54-35-18-15-12-9-6-3)46(36-45)56-48(51)39-21-28-43(29-22-39)53-34-17-14-11-8-5-2/h19-32,36-37H,4-18,33-35H2,1-3H3. The van der Waals surface area contributed by atoms with Crippen LogP contribution in [0.1, 0.15) is 143 Å². The summed E-state index contributed by atoms with van der Waals surface area (Å²) in [6.07, 6.45) is 19.1. The zero-order chi connectivity index (χ0) is 39.6. The van der Waals surface area contributed by atoms with Gasteiger partial charge in [-0.2, -0.15) is 0 Å². The van der Waals surface area contributed by atoms with Gasteiger partial charge in [0, 0.05) is 17.8 Å². The van der Waals surface area contributed by atoms with Gasteiger partial charge in [-0.3, -0.25) is 4.99 Å². The lowest BCUT2D eigenvalue weighted by atomic mass is 10.1. The van der Waals surface area contributed by atoms with Gasteiger partial charge < -0.3 is 23.7 Å². The van der Waals surface area contributed by atoms with Crippen molar-refractivity contribution in [3.63, 3.8) is 0 Å². The van der Waals surface area contributed by atoms with Crippen LogP contribution in [0.15, 0.2) is 96.0 Å². The number of aliphatic imine (C=N–C) groups is 1. The van der Waals surface area contributed by atoms with E-state index in [0.29, 0.717) is 53.7 Å².